The number of nitrogens with zero attached hydrogens (tertiary/aromatic N) is 3. The maximum Gasteiger partial charge on any atom is 0.0812 e. The Bertz CT molecular complexity index is 772. The molecule has 0 aliphatic carbocycles. The van der Waals surface area contributed by atoms with Gasteiger partial charge in [-0.05, 0) is 41.5 Å². The largest absolute Gasteiger partial charge is 0.245 e. The van der Waals surface area contributed by atoms with Gasteiger partial charge in [0.25, 0.3) is 0 Å². The van der Waals surface area contributed by atoms with E-state index in [0.29, 0.717) is 0 Å². The number of rotatable bonds is 1. The van der Waals surface area contributed by atoms with Crippen LogP contribution in [0.4, 0.5) is 0 Å². The first-order valence-corrected chi connectivity index (χ1v) is 6.55. The number of hydrogen-bond acceptors (Lipinski definition) is 3. The third-order valence-electron chi connectivity index (χ3n) is 3.06. The van der Waals surface area contributed by atoms with E-state index in [2.05, 4.69) is 40.4 Å². The lowest BCUT2D eigenvalue weighted by Gasteiger charge is -2.02. The van der Waals surface area contributed by atoms with Gasteiger partial charge >= 0.3 is 0 Å². The molecule has 0 saturated carbocycles. The molecule has 1 aromatic carbocycles. The fourth-order valence-electron chi connectivity index (χ4n) is 2.14. The van der Waals surface area contributed by atoms with Crippen molar-refractivity contribution < 1.29 is 0 Å². The molecule has 0 fully saturated rings. The van der Waals surface area contributed by atoms with Crippen LogP contribution in [0, 0.1) is 0 Å². The number of thiazole rings is 1. The van der Waals surface area contributed by atoms with Gasteiger partial charge in [-0.25, -0.2) is 9.50 Å². The van der Waals surface area contributed by atoms with Crippen LogP contribution in [0.2, 0.25) is 0 Å². The smallest absolute Gasteiger partial charge is 0.0812 e. The van der Waals surface area contributed by atoms with Crippen molar-refractivity contribution in [3.8, 4) is 11.1 Å². The van der Waals surface area contributed by atoms with E-state index >= 15 is 0 Å². The quantitative estimate of drug-likeness (QED) is 0.517. The predicted molar refractivity (Wildman–Crippen MR) is 73.8 cm³/mol. The minimum Gasteiger partial charge on any atom is -0.245 e. The number of benzene rings is 1. The van der Waals surface area contributed by atoms with Gasteiger partial charge in [0.2, 0.25) is 0 Å². The maximum absolute atomic E-state index is 4.30. The van der Waals surface area contributed by atoms with E-state index < -0.39 is 0 Å². The van der Waals surface area contributed by atoms with Gasteiger partial charge in [-0.1, -0.05) is 6.07 Å². The first kappa shape index (κ1) is 9.79. The van der Waals surface area contributed by atoms with Crippen molar-refractivity contribution in [1.82, 2.24) is 14.6 Å². The summed E-state index contributed by atoms with van der Waals surface area (Å²) in [4.78, 5) is 4.30. The van der Waals surface area contributed by atoms with Crippen LogP contribution in [-0.4, -0.2) is 14.6 Å². The highest BCUT2D eigenvalue weighted by Gasteiger charge is 2.03. The third-order valence-corrected chi connectivity index (χ3v) is 3.86. The zero-order valence-electron chi connectivity index (χ0n) is 9.45. The fourth-order valence-corrected chi connectivity index (χ4v) is 2.85. The normalized spacial score (nSPS) is 11.3. The molecule has 3 nitrogen and oxygen atoms in total. The lowest BCUT2D eigenvalue weighted by atomic mass is 10.1. The topological polar surface area (TPSA) is 30.2 Å². The molecule has 0 amide bonds. The van der Waals surface area contributed by atoms with Gasteiger partial charge in [0.15, 0.2) is 0 Å². The molecular formula is C14H9N3S. The minimum atomic E-state index is 1.06. The van der Waals surface area contributed by atoms with Gasteiger partial charge in [0.05, 0.1) is 21.2 Å². The second-order valence-electron chi connectivity index (χ2n) is 4.15. The summed E-state index contributed by atoms with van der Waals surface area (Å²) in [6, 6.07) is 12.6. The maximum atomic E-state index is 4.30. The molecule has 4 aromatic rings. The molecule has 0 atom stereocenters. The van der Waals surface area contributed by atoms with Crippen LogP contribution in [0.5, 0.6) is 0 Å². The third kappa shape index (κ3) is 1.43. The van der Waals surface area contributed by atoms with E-state index in [1.54, 1.807) is 11.3 Å². The van der Waals surface area contributed by atoms with E-state index in [-0.39, 0.29) is 0 Å². The highest BCUT2D eigenvalue weighted by Crippen LogP contribution is 2.26. The summed E-state index contributed by atoms with van der Waals surface area (Å²) in [5.74, 6) is 0. The molecule has 0 radical (unpaired) electrons. The van der Waals surface area contributed by atoms with Crippen LogP contribution in [0.25, 0.3) is 26.9 Å². The van der Waals surface area contributed by atoms with Crippen molar-refractivity contribution in [3.05, 3.63) is 54.3 Å². The Morgan fingerprint density at radius 2 is 1.94 bits per heavy atom. The summed E-state index contributed by atoms with van der Waals surface area (Å²) >= 11 is 1.67. The SMILES string of the molecule is c1cc2cc(-c3ccc4ncsc4c3)ccn2n1. The Labute approximate surface area is 107 Å². The summed E-state index contributed by atoms with van der Waals surface area (Å²) in [6.45, 7) is 0. The second kappa shape index (κ2) is 3.65. The number of hydrogen-bond donors (Lipinski definition) is 0. The molecule has 3 heterocycles. The van der Waals surface area contributed by atoms with E-state index in [9.17, 15) is 0 Å². The predicted octanol–water partition coefficient (Wildman–Crippen LogP) is 3.61. The Kier molecular flexibility index (Phi) is 1.98. The van der Waals surface area contributed by atoms with Crippen molar-refractivity contribution in [1.29, 1.82) is 0 Å². The zero-order chi connectivity index (χ0) is 11.9. The van der Waals surface area contributed by atoms with Crippen LogP contribution in [-0.2, 0) is 0 Å². The lowest BCUT2D eigenvalue weighted by molar-refractivity contribution is 0.962. The van der Waals surface area contributed by atoms with Gasteiger partial charge in [-0.15, -0.1) is 11.3 Å². The first-order valence-electron chi connectivity index (χ1n) is 5.67. The molecule has 0 aliphatic heterocycles. The van der Waals surface area contributed by atoms with Crippen LogP contribution >= 0.6 is 11.3 Å². The molecule has 4 rings (SSSR count). The Morgan fingerprint density at radius 3 is 2.94 bits per heavy atom. The van der Waals surface area contributed by atoms with E-state index in [0.717, 1.165) is 11.0 Å². The van der Waals surface area contributed by atoms with Crippen LogP contribution in [0.3, 0.4) is 0 Å². The number of pyridine rings is 1. The monoisotopic (exact) mass is 251 g/mol. The second-order valence-corrected chi connectivity index (χ2v) is 5.04. The van der Waals surface area contributed by atoms with Crippen LogP contribution in [0.15, 0.2) is 54.3 Å². The van der Waals surface area contributed by atoms with Crippen molar-refractivity contribution in [3.63, 3.8) is 0 Å². The molecule has 4 heteroatoms. The van der Waals surface area contributed by atoms with Gasteiger partial charge in [-0.3, -0.25) is 0 Å². The van der Waals surface area contributed by atoms with E-state index in [1.165, 1.54) is 15.8 Å². The van der Waals surface area contributed by atoms with Crippen molar-refractivity contribution in [2.45, 2.75) is 0 Å². The van der Waals surface area contributed by atoms with Gasteiger partial charge in [0, 0.05) is 12.4 Å². The molecule has 0 N–H and O–H groups in total. The van der Waals surface area contributed by atoms with E-state index in [4.69, 9.17) is 0 Å². The summed E-state index contributed by atoms with van der Waals surface area (Å²) in [6.07, 6.45) is 3.80. The molecule has 0 unspecified atom stereocenters. The summed E-state index contributed by atoms with van der Waals surface area (Å²) in [5, 5.41) is 4.20. The number of fused-ring (bicyclic) bond motifs is 2. The lowest BCUT2D eigenvalue weighted by Crippen LogP contribution is -1.86. The first-order chi connectivity index (χ1) is 8.90. The Balaban J connectivity index is 1.93. The molecule has 86 valence electrons. The van der Waals surface area contributed by atoms with Gasteiger partial charge in [-0.2, -0.15) is 5.10 Å². The average Bonchev–Trinajstić information content (AvgIpc) is 3.05. The van der Waals surface area contributed by atoms with Gasteiger partial charge < -0.3 is 0 Å². The summed E-state index contributed by atoms with van der Waals surface area (Å²) in [5.41, 5.74) is 6.48. The Hall–Kier alpha value is -2.20. The average molecular weight is 251 g/mol. The van der Waals surface area contributed by atoms with Crippen molar-refractivity contribution in [2.24, 2.45) is 0 Å². The molecule has 0 bridgehead atoms. The van der Waals surface area contributed by atoms with Gasteiger partial charge in [0.1, 0.15) is 0 Å². The molecule has 0 spiro atoms. The molecular weight excluding hydrogens is 242 g/mol. The molecule has 3 aromatic heterocycles. The van der Waals surface area contributed by atoms with Crippen molar-refractivity contribution >= 4 is 27.1 Å². The van der Waals surface area contributed by atoms with Crippen LogP contribution < -0.4 is 0 Å². The van der Waals surface area contributed by atoms with Crippen molar-refractivity contribution in [2.75, 3.05) is 0 Å². The molecule has 0 aliphatic rings. The van der Waals surface area contributed by atoms with Crippen LogP contribution in [0.1, 0.15) is 0 Å². The van der Waals surface area contributed by atoms with E-state index in [1.807, 2.05) is 28.5 Å². The highest BCUT2D eigenvalue weighted by atomic mass is 32.1. The summed E-state index contributed by atoms with van der Waals surface area (Å²) in [7, 11) is 0. The zero-order valence-corrected chi connectivity index (χ0v) is 10.3. The summed E-state index contributed by atoms with van der Waals surface area (Å²) < 4.78 is 3.09. The molecule has 0 saturated heterocycles. The standard InChI is InChI=1S/C14H9N3S/c1-2-13-14(18-9-15-13)8-10(1)11-4-6-17-12(7-11)3-5-16-17/h1-9H. The number of aromatic nitrogens is 3. The highest BCUT2D eigenvalue weighted by molar-refractivity contribution is 7.16. The molecule has 18 heavy (non-hydrogen) atoms. The fraction of sp³-hybridized carbons (Fsp3) is 0. The minimum absolute atomic E-state index is 1.06. The Morgan fingerprint density at radius 1 is 1.00 bits per heavy atom.